The predicted molar refractivity (Wildman–Crippen MR) is 84.4 cm³/mol. The van der Waals surface area contributed by atoms with Crippen LogP contribution < -0.4 is 5.32 Å². The van der Waals surface area contributed by atoms with E-state index in [0.717, 1.165) is 17.7 Å². The molecule has 1 aromatic rings. The molecule has 2 fully saturated rings. The average Bonchev–Trinajstić information content (AvgIpc) is 2.78. The molecule has 1 saturated carbocycles. The maximum atomic E-state index is 13.0. The monoisotopic (exact) mass is 301 g/mol. The highest BCUT2D eigenvalue weighted by Gasteiger charge is 2.75. The van der Waals surface area contributed by atoms with Gasteiger partial charge in [0.1, 0.15) is 0 Å². The van der Waals surface area contributed by atoms with Crippen molar-refractivity contribution in [3.05, 3.63) is 29.8 Å². The van der Waals surface area contributed by atoms with E-state index in [2.05, 4.69) is 12.2 Å². The number of ether oxygens (including phenoxy) is 1. The number of amides is 1. The summed E-state index contributed by atoms with van der Waals surface area (Å²) in [5, 5.41) is 3.00. The molecular weight excluding hydrogens is 278 g/mol. The minimum absolute atomic E-state index is 0.201. The molecule has 118 valence electrons. The quantitative estimate of drug-likeness (QED) is 0.871. The van der Waals surface area contributed by atoms with Gasteiger partial charge in [0.25, 0.3) is 5.91 Å². The maximum absolute atomic E-state index is 13.0. The predicted octanol–water partition coefficient (Wildman–Crippen LogP) is 3.31. The number of aryl methyl sites for hydroxylation is 1. The first kappa shape index (κ1) is 15.1. The summed E-state index contributed by atoms with van der Waals surface area (Å²) in [4.78, 5) is 25.2. The number of nitrogens with one attached hydrogen (secondary N) is 1. The van der Waals surface area contributed by atoms with E-state index in [-0.39, 0.29) is 11.9 Å². The van der Waals surface area contributed by atoms with Crippen molar-refractivity contribution in [2.45, 2.75) is 52.6 Å². The smallest absolute Gasteiger partial charge is 0.313 e. The molecule has 22 heavy (non-hydrogen) atoms. The van der Waals surface area contributed by atoms with Gasteiger partial charge in [-0.15, -0.1) is 0 Å². The van der Waals surface area contributed by atoms with Gasteiger partial charge < -0.3 is 10.1 Å². The molecule has 1 heterocycles. The van der Waals surface area contributed by atoms with Crippen LogP contribution in [-0.4, -0.2) is 17.5 Å². The second kappa shape index (κ2) is 4.58. The van der Waals surface area contributed by atoms with Crippen LogP contribution in [0.5, 0.6) is 0 Å². The van der Waals surface area contributed by atoms with Crippen molar-refractivity contribution in [2.75, 3.05) is 5.32 Å². The second-order valence-electron chi connectivity index (χ2n) is 7.14. The lowest BCUT2D eigenvalue weighted by atomic mass is 9.66. The lowest BCUT2D eigenvalue weighted by Crippen LogP contribution is -2.50. The van der Waals surface area contributed by atoms with Gasteiger partial charge in [0.05, 0.1) is 5.41 Å². The Balaban J connectivity index is 1.95. The van der Waals surface area contributed by atoms with E-state index in [1.54, 1.807) is 0 Å². The third kappa shape index (κ3) is 1.64. The van der Waals surface area contributed by atoms with Gasteiger partial charge in [0, 0.05) is 11.1 Å². The van der Waals surface area contributed by atoms with Crippen LogP contribution in [0.15, 0.2) is 24.3 Å². The number of fused-ring (bicyclic) bond motifs is 2. The van der Waals surface area contributed by atoms with Crippen molar-refractivity contribution < 1.29 is 14.3 Å². The van der Waals surface area contributed by atoms with Crippen molar-refractivity contribution in [2.24, 2.45) is 10.8 Å². The molecule has 3 rings (SSSR count). The van der Waals surface area contributed by atoms with Gasteiger partial charge in [-0.25, -0.2) is 0 Å². The summed E-state index contributed by atoms with van der Waals surface area (Å²) in [7, 11) is 0. The normalized spacial score (nSPS) is 31.9. The zero-order valence-electron chi connectivity index (χ0n) is 13.7. The van der Waals surface area contributed by atoms with Crippen LogP contribution in [0.4, 0.5) is 5.69 Å². The molecule has 0 spiro atoms. The Morgan fingerprint density at radius 3 is 2.45 bits per heavy atom. The SMILES string of the molecule is CCc1ccccc1NC(=O)[C@]12CC[C@](C)(C(=O)O1)C2(C)C. The summed E-state index contributed by atoms with van der Waals surface area (Å²) in [5.74, 6) is -0.448. The molecule has 1 aromatic carbocycles. The van der Waals surface area contributed by atoms with E-state index in [9.17, 15) is 9.59 Å². The molecule has 2 atom stereocenters. The number of benzene rings is 1. The lowest BCUT2D eigenvalue weighted by Gasteiger charge is -2.35. The fourth-order valence-corrected chi connectivity index (χ4v) is 3.92. The molecule has 0 unspecified atom stereocenters. The van der Waals surface area contributed by atoms with Gasteiger partial charge >= 0.3 is 5.97 Å². The number of anilines is 1. The highest BCUT2D eigenvalue weighted by Crippen LogP contribution is 2.65. The molecule has 1 aliphatic carbocycles. The van der Waals surface area contributed by atoms with Crippen molar-refractivity contribution in [3.8, 4) is 0 Å². The van der Waals surface area contributed by atoms with Crippen LogP contribution in [0.3, 0.4) is 0 Å². The number of hydrogen-bond acceptors (Lipinski definition) is 3. The van der Waals surface area contributed by atoms with Gasteiger partial charge in [0.15, 0.2) is 5.60 Å². The van der Waals surface area contributed by atoms with Crippen molar-refractivity contribution in [1.82, 2.24) is 0 Å². The van der Waals surface area contributed by atoms with Gasteiger partial charge in [0.2, 0.25) is 0 Å². The van der Waals surface area contributed by atoms with Gasteiger partial charge in [-0.2, -0.15) is 0 Å². The molecule has 4 heteroatoms. The van der Waals surface area contributed by atoms with E-state index in [0.29, 0.717) is 12.8 Å². The number of carbonyl (C=O) groups excluding carboxylic acids is 2. The maximum Gasteiger partial charge on any atom is 0.313 e. The summed E-state index contributed by atoms with van der Waals surface area (Å²) < 4.78 is 5.62. The Hall–Kier alpha value is -1.84. The van der Waals surface area contributed by atoms with E-state index in [4.69, 9.17) is 4.74 Å². The topological polar surface area (TPSA) is 55.4 Å². The molecular formula is C18H23NO3. The van der Waals surface area contributed by atoms with E-state index < -0.39 is 16.4 Å². The minimum Gasteiger partial charge on any atom is -0.448 e. The van der Waals surface area contributed by atoms with E-state index in [1.807, 2.05) is 45.0 Å². The first-order valence-electron chi connectivity index (χ1n) is 7.91. The third-order valence-corrected chi connectivity index (χ3v) is 6.10. The Kier molecular flexibility index (Phi) is 3.13. The lowest BCUT2D eigenvalue weighted by molar-refractivity contribution is -0.165. The molecule has 4 nitrogen and oxygen atoms in total. The second-order valence-corrected chi connectivity index (χ2v) is 7.14. The molecule has 1 saturated heterocycles. The van der Waals surface area contributed by atoms with Crippen molar-refractivity contribution in [3.63, 3.8) is 0 Å². The summed E-state index contributed by atoms with van der Waals surface area (Å²) in [6.45, 7) is 7.90. The zero-order chi connectivity index (χ0) is 16.2. The highest BCUT2D eigenvalue weighted by molar-refractivity contribution is 6.03. The summed E-state index contributed by atoms with van der Waals surface area (Å²) >= 11 is 0. The van der Waals surface area contributed by atoms with Gasteiger partial charge in [-0.1, -0.05) is 39.0 Å². The van der Waals surface area contributed by atoms with E-state index in [1.165, 1.54) is 0 Å². The van der Waals surface area contributed by atoms with Crippen LogP contribution >= 0.6 is 0 Å². The molecule has 1 aliphatic heterocycles. The Morgan fingerprint density at radius 1 is 1.23 bits per heavy atom. The first-order valence-corrected chi connectivity index (χ1v) is 7.91. The molecule has 1 N–H and O–H groups in total. The largest absolute Gasteiger partial charge is 0.448 e. The average molecular weight is 301 g/mol. The van der Waals surface area contributed by atoms with Crippen molar-refractivity contribution >= 4 is 17.6 Å². The molecule has 2 aliphatic rings. The van der Waals surface area contributed by atoms with Crippen LogP contribution in [0.1, 0.15) is 46.1 Å². The fourth-order valence-electron chi connectivity index (χ4n) is 3.92. The molecule has 1 amide bonds. The van der Waals surface area contributed by atoms with Crippen LogP contribution in [0.25, 0.3) is 0 Å². The van der Waals surface area contributed by atoms with Crippen LogP contribution in [-0.2, 0) is 20.7 Å². The van der Waals surface area contributed by atoms with Crippen LogP contribution in [0.2, 0.25) is 0 Å². The molecule has 2 bridgehead atoms. The highest BCUT2D eigenvalue weighted by atomic mass is 16.6. The first-order chi connectivity index (χ1) is 10.3. The number of hydrogen-bond donors (Lipinski definition) is 1. The number of esters is 1. The standard InChI is InChI=1S/C18H23NO3/c1-5-12-8-6-7-9-13(12)19-14(20)18-11-10-17(4,15(21)22-18)16(18,2)3/h6-9H,5,10-11H2,1-4H3,(H,19,20)/t17-,18+/m1/s1. The number of para-hydroxylation sites is 1. The Morgan fingerprint density at radius 2 is 1.91 bits per heavy atom. The summed E-state index contributed by atoms with van der Waals surface area (Å²) in [6.07, 6.45) is 2.12. The molecule has 0 aromatic heterocycles. The Bertz CT molecular complexity index is 651. The summed E-state index contributed by atoms with van der Waals surface area (Å²) in [5.41, 5.74) is -0.261. The van der Waals surface area contributed by atoms with Crippen LogP contribution in [0, 0.1) is 10.8 Å². The minimum atomic E-state index is -1.06. The number of rotatable bonds is 3. The summed E-state index contributed by atoms with van der Waals surface area (Å²) in [6, 6.07) is 7.75. The van der Waals surface area contributed by atoms with Gasteiger partial charge in [-0.3, -0.25) is 9.59 Å². The third-order valence-electron chi connectivity index (χ3n) is 6.10. The Labute approximate surface area is 131 Å². The van der Waals surface area contributed by atoms with Gasteiger partial charge in [-0.05, 0) is 37.8 Å². The zero-order valence-corrected chi connectivity index (χ0v) is 13.7. The van der Waals surface area contributed by atoms with E-state index >= 15 is 0 Å². The number of carbonyl (C=O) groups is 2. The fraction of sp³-hybridized carbons (Fsp3) is 0.556. The van der Waals surface area contributed by atoms with Crippen molar-refractivity contribution in [1.29, 1.82) is 0 Å². The molecule has 0 radical (unpaired) electrons.